The fraction of sp³-hybridized carbons (Fsp3) is 0.400. The Morgan fingerprint density at radius 1 is 1.50 bits per heavy atom. The molecule has 0 radical (unpaired) electrons. The normalized spacial score (nSPS) is 17.8. The van der Waals surface area contributed by atoms with E-state index in [-0.39, 0.29) is 13.0 Å². The van der Waals surface area contributed by atoms with Crippen LogP contribution < -0.4 is 5.32 Å². The van der Waals surface area contributed by atoms with E-state index in [1.165, 1.54) is 0 Å². The van der Waals surface area contributed by atoms with E-state index in [9.17, 15) is 23.5 Å². The predicted molar refractivity (Wildman–Crippen MR) is 80.9 cm³/mol. The summed E-state index contributed by atoms with van der Waals surface area (Å²) in [6.45, 7) is -0.787. The Balaban J connectivity index is 1.71. The number of nitrogens with one attached hydrogen (secondary N) is 2. The van der Waals surface area contributed by atoms with Crippen LogP contribution in [0.15, 0.2) is 24.5 Å². The number of carbonyl (C=O) groups excluding carboxylic acids is 1. The van der Waals surface area contributed by atoms with Crippen LogP contribution in [0.5, 0.6) is 0 Å². The van der Waals surface area contributed by atoms with Crippen LogP contribution in [-0.2, 0) is 11.2 Å². The Kier molecular flexibility index (Phi) is 4.08. The molecular formula is C15H16F2N4O3. The van der Waals surface area contributed by atoms with Crippen LogP contribution in [0.1, 0.15) is 12.0 Å². The van der Waals surface area contributed by atoms with Crippen molar-refractivity contribution in [1.82, 2.24) is 20.2 Å². The van der Waals surface area contributed by atoms with Gasteiger partial charge in [0.2, 0.25) is 0 Å². The minimum Gasteiger partial charge on any atom is -0.480 e. The number of alkyl halides is 2. The zero-order valence-electron chi connectivity index (χ0n) is 12.6. The van der Waals surface area contributed by atoms with E-state index < -0.39 is 36.9 Å². The largest absolute Gasteiger partial charge is 0.480 e. The first-order chi connectivity index (χ1) is 11.4. The average molecular weight is 338 g/mol. The van der Waals surface area contributed by atoms with Crippen LogP contribution in [-0.4, -0.2) is 57.0 Å². The fourth-order valence-corrected chi connectivity index (χ4v) is 2.75. The molecule has 3 rings (SSSR count). The first-order valence-corrected chi connectivity index (χ1v) is 7.43. The Morgan fingerprint density at radius 3 is 2.96 bits per heavy atom. The minimum atomic E-state index is -2.92. The standard InChI is InChI=1S/C15H16F2N4O3/c16-15(17)3-5-21(8-15)14(24)20-11(13(22)23)6-9-7-19-12-10(9)2-1-4-18-12/h1-2,4,7,11H,3,5-6,8H2,(H,18,19)(H,20,24)(H,22,23). The minimum absolute atomic E-state index is 0.0248. The lowest BCUT2D eigenvalue weighted by Gasteiger charge is -2.20. The highest BCUT2D eigenvalue weighted by molar-refractivity contribution is 5.85. The van der Waals surface area contributed by atoms with Crippen molar-refractivity contribution in [1.29, 1.82) is 0 Å². The molecule has 1 aliphatic rings. The molecule has 2 aromatic heterocycles. The Hall–Kier alpha value is -2.71. The van der Waals surface area contributed by atoms with Crippen molar-refractivity contribution in [2.45, 2.75) is 24.8 Å². The number of likely N-dealkylation sites (tertiary alicyclic amines) is 1. The summed E-state index contributed by atoms with van der Waals surface area (Å²) in [7, 11) is 0. The summed E-state index contributed by atoms with van der Waals surface area (Å²) >= 11 is 0. The molecule has 128 valence electrons. The Bertz CT molecular complexity index is 777. The van der Waals surface area contributed by atoms with Gasteiger partial charge in [0, 0.05) is 37.2 Å². The van der Waals surface area contributed by atoms with Gasteiger partial charge in [0.05, 0.1) is 6.54 Å². The Morgan fingerprint density at radius 2 is 2.29 bits per heavy atom. The van der Waals surface area contributed by atoms with E-state index in [2.05, 4.69) is 15.3 Å². The number of carbonyl (C=O) groups is 2. The lowest BCUT2D eigenvalue weighted by Crippen LogP contribution is -2.48. The molecule has 0 saturated carbocycles. The van der Waals surface area contributed by atoms with Crippen molar-refractivity contribution < 1.29 is 23.5 Å². The van der Waals surface area contributed by atoms with Crippen molar-refractivity contribution in [2.75, 3.05) is 13.1 Å². The number of aliphatic carboxylic acids is 1. The number of rotatable bonds is 4. The van der Waals surface area contributed by atoms with E-state index >= 15 is 0 Å². The quantitative estimate of drug-likeness (QED) is 0.789. The smallest absolute Gasteiger partial charge is 0.326 e. The third kappa shape index (κ3) is 3.29. The summed E-state index contributed by atoms with van der Waals surface area (Å²) in [5, 5.41) is 12.4. The second-order valence-electron chi connectivity index (χ2n) is 5.79. The average Bonchev–Trinajstić information content (AvgIpc) is 3.10. The van der Waals surface area contributed by atoms with E-state index in [1.807, 2.05) is 0 Å². The molecule has 0 aliphatic carbocycles. The van der Waals surface area contributed by atoms with E-state index in [4.69, 9.17) is 0 Å². The molecule has 2 aromatic rings. The van der Waals surface area contributed by atoms with Crippen molar-refractivity contribution in [3.05, 3.63) is 30.1 Å². The van der Waals surface area contributed by atoms with Gasteiger partial charge in [-0.05, 0) is 17.7 Å². The van der Waals surface area contributed by atoms with E-state index in [0.29, 0.717) is 11.2 Å². The maximum atomic E-state index is 13.2. The molecule has 1 unspecified atom stereocenters. The number of H-pyrrole nitrogens is 1. The molecule has 1 fully saturated rings. The zero-order valence-corrected chi connectivity index (χ0v) is 12.6. The maximum absolute atomic E-state index is 13.2. The van der Waals surface area contributed by atoms with Gasteiger partial charge in [-0.1, -0.05) is 0 Å². The highest BCUT2D eigenvalue weighted by Gasteiger charge is 2.41. The number of amides is 2. The Labute approximate surface area is 135 Å². The first kappa shape index (κ1) is 16.2. The molecular weight excluding hydrogens is 322 g/mol. The van der Waals surface area contributed by atoms with Gasteiger partial charge in [-0.15, -0.1) is 0 Å². The molecule has 1 saturated heterocycles. The number of hydrogen-bond acceptors (Lipinski definition) is 3. The van der Waals surface area contributed by atoms with Gasteiger partial charge >= 0.3 is 12.0 Å². The summed E-state index contributed by atoms with van der Waals surface area (Å²) in [4.78, 5) is 31.4. The van der Waals surface area contributed by atoms with Gasteiger partial charge in [0.15, 0.2) is 0 Å². The van der Waals surface area contributed by atoms with Crippen LogP contribution in [0.25, 0.3) is 11.0 Å². The number of halogens is 2. The number of urea groups is 1. The second kappa shape index (κ2) is 6.06. The van der Waals surface area contributed by atoms with Crippen molar-refractivity contribution in [2.24, 2.45) is 0 Å². The summed E-state index contributed by atoms with van der Waals surface area (Å²) in [6.07, 6.45) is 2.85. The van der Waals surface area contributed by atoms with Gasteiger partial charge in [-0.3, -0.25) is 0 Å². The number of carboxylic acid groups (broad SMARTS) is 1. The lowest BCUT2D eigenvalue weighted by atomic mass is 10.1. The maximum Gasteiger partial charge on any atom is 0.326 e. The van der Waals surface area contributed by atoms with Crippen molar-refractivity contribution in [3.8, 4) is 0 Å². The van der Waals surface area contributed by atoms with E-state index in [0.717, 1.165) is 10.3 Å². The summed E-state index contributed by atoms with van der Waals surface area (Å²) < 4.78 is 26.4. The molecule has 7 nitrogen and oxygen atoms in total. The predicted octanol–water partition coefficient (Wildman–Crippen LogP) is 1.61. The van der Waals surface area contributed by atoms with Crippen LogP contribution in [0.4, 0.5) is 13.6 Å². The third-order valence-electron chi connectivity index (χ3n) is 4.01. The lowest BCUT2D eigenvalue weighted by molar-refractivity contribution is -0.139. The molecule has 0 spiro atoms. The van der Waals surface area contributed by atoms with Gasteiger partial charge in [-0.25, -0.2) is 23.4 Å². The van der Waals surface area contributed by atoms with Gasteiger partial charge in [0.25, 0.3) is 5.92 Å². The number of hydrogen-bond donors (Lipinski definition) is 3. The number of carboxylic acids is 1. The number of aromatic amines is 1. The van der Waals surface area contributed by atoms with E-state index in [1.54, 1.807) is 24.5 Å². The zero-order chi connectivity index (χ0) is 17.3. The molecule has 0 aromatic carbocycles. The monoisotopic (exact) mass is 338 g/mol. The molecule has 2 amide bonds. The number of aromatic nitrogens is 2. The van der Waals surface area contributed by atoms with Crippen LogP contribution in [0.3, 0.4) is 0 Å². The van der Waals surface area contributed by atoms with Gasteiger partial charge in [-0.2, -0.15) is 0 Å². The second-order valence-corrected chi connectivity index (χ2v) is 5.79. The molecule has 24 heavy (non-hydrogen) atoms. The molecule has 3 heterocycles. The summed E-state index contributed by atoms with van der Waals surface area (Å²) in [5.41, 5.74) is 1.29. The van der Waals surface area contributed by atoms with Crippen molar-refractivity contribution in [3.63, 3.8) is 0 Å². The third-order valence-corrected chi connectivity index (χ3v) is 4.01. The highest BCUT2D eigenvalue weighted by Crippen LogP contribution is 2.26. The fourth-order valence-electron chi connectivity index (χ4n) is 2.75. The summed E-state index contributed by atoms with van der Waals surface area (Å²) in [6, 6.07) is 1.50. The summed E-state index contributed by atoms with van der Waals surface area (Å²) in [5.74, 6) is -4.15. The number of pyridine rings is 1. The van der Waals surface area contributed by atoms with Crippen LogP contribution in [0.2, 0.25) is 0 Å². The molecule has 0 bridgehead atoms. The van der Waals surface area contributed by atoms with Gasteiger partial charge < -0.3 is 20.3 Å². The van der Waals surface area contributed by atoms with Gasteiger partial charge in [0.1, 0.15) is 11.7 Å². The van der Waals surface area contributed by atoms with Crippen LogP contribution >= 0.6 is 0 Å². The highest BCUT2D eigenvalue weighted by atomic mass is 19.3. The molecule has 3 N–H and O–H groups in total. The molecule has 1 atom stereocenters. The van der Waals surface area contributed by atoms with Crippen LogP contribution in [0, 0.1) is 0 Å². The first-order valence-electron chi connectivity index (χ1n) is 7.43. The van der Waals surface area contributed by atoms with Crippen molar-refractivity contribution >= 4 is 23.0 Å². The molecule has 9 heteroatoms. The number of fused-ring (bicyclic) bond motifs is 1. The molecule has 1 aliphatic heterocycles. The SMILES string of the molecule is O=C(O)C(Cc1c[nH]c2ncccc12)NC(=O)N1CCC(F)(F)C1. The number of nitrogens with zero attached hydrogens (tertiary/aromatic N) is 2. The topological polar surface area (TPSA) is 98.3 Å².